The van der Waals surface area contributed by atoms with Crippen LogP contribution in [0.3, 0.4) is 0 Å². The SMILES string of the molecule is CCC1(C)CCN(C(=O)CC2(C(=O)O)CCCC2)CC1. The van der Waals surface area contributed by atoms with Crippen molar-refractivity contribution in [2.45, 2.75) is 65.2 Å². The Hall–Kier alpha value is -1.06. The van der Waals surface area contributed by atoms with Gasteiger partial charge in [-0.15, -0.1) is 0 Å². The van der Waals surface area contributed by atoms with Gasteiger partial charge in [0.1, 0.15) is 0 Å². The summed E-state index contributed by atoms with van der Waals surface area (Å²) in [6.07, 6.45) is 6.62. The highest BCUT2D eigenvalue weighted by molar-refractivity contribution is 5.85. The van der Waals surface area contributed by atoms with Crippen LogP contribution < -0.4 is 0 Å². The van der Waals surface area contributed by atoms with Gasteiger partial charge in [-0.1, -0.05) is 33.1 Å². The van der Waals surface area contributed by atoms with Gasteiger partial charge < -0.3 is 10.0 Å². The second-order valence-corrected chi connectivity index (χ2v) is 7.01. The van der Waals surface area contributed by atoms with Gasteiger partial charge >= 0.3 is 5.97 Å². The number of piperidine rings is 1. The molecular formula is C16H27NO3. The standard InChI is InChI=1S/C16H27NO3/c1-3-15(2)8-10-17(11-9-15)13(18)12-16(14(19)20)6-4-5-7-16/h3-12H2,1-2H3,(H,19,20). The van der Waals surface area contributed by atoms with Crippen LogP contribution in [0.4, 0.5) is 0 Å². The molecule has 0 spiro atoms. The first-order valence-electron chi connectivity index (χ1n) is 7.92. The molecule has 4 nitrogen and oxygen atoms in total. The Morgan fingerprint density at radius 1 is 1.10 bits per heavy atom. The van der Waals surface area contributed by atoms with Crippen LogP contribution in [0.15, 0.2) is 0 Å². The molecule has 1 amide bonds. The average Bonchev–Trinajstić information content (AvgIpc) is 2.89. The Morgan fingerprint density at radius 3 is 2.10 bits per heavy atom. The van der Waals surface area contributed by atoms with Crippen molar-refractivity contribution in [1.29, 1.82) is 0 Å². The van der Waals surface area contributed by atoms with Gasteiger partial charge in [0.2, 0.25) is 5.91 Å². The van der Waals surface area contributed by atoms with Crippen LogP contribution in [0.25, 0.3) is 0 Å². The number of aliphatic carboxylic acids is 1. The zero-order valence-corrected chi connectivity index (χ0v) is 12.8. The van der Waals surface area contributed by atoms with Crippen LogP contribution in [0.2, 0.25) is 0 Å². The fourth-order valence-electron chi connectivity index (χ4n) is 3.57. The number of hydrogen-bond donors (Lipinski definition) is 1. The van der Waals surface area contributed by atoms with E-state index >= 15 is 0 Å². The van der Waals surface area contributed by atoms with E-state index in [0.717, 1.165) is 45.2 Å². The number of hydrogen-bond acceptors (Lipinski definition) is 2. The van der Waals surface area contributed by atoms with Gasteiger partial charge in [0.05, 0.1) is 5.41 Å². The summed E-state index contributed by atoms with van der Waals surface area (Å²) >= 11 is 0. The van der Waals surface area contributed by atoms with E-state index < -0.39 is 11.4 Å². The topological polar surface area (TPSA) is 57.6 Å². The molecular weight excluding hydrogens is 254 g/mol. The van der Waals surface area contributed by atoms with E-state index in [1.54, 1.807) is 0 Å². The fourth-order valence-corrected chi connectivity index (χ4v) is 3.57. The van der Waals surface area contributed by atoms with E-state index in [4.69, 9.17) is 0 Å². The molecule has 1 saturated carbocycles. The fraction of sp³-hybridized carbons (Fsp3) is 0.875. The van der Waals surface area contributed by atoms with E-state index in [0.29, 0.717) is 18.3 Å². The lowest BCUT2D eigenvalue weighted by Gasteiger charge is -2.39. The molecule has 1 saturated heterocycles. The third-order valence-electron chi connectivity index (χ3n) is 5.68. The third kappa shape index (κ3) is 2.99. The average molecular weight is 281 g/mol. The summed E-state index contributed by atoms with van der Waals surface area (Å²) in [4.78, 5) is 25.8. The van der Waals surface area contributed by atoms with Gasteiger partial charge in [0.25, 0.3) is 0 Å². The highest BCUT2D eigenvalue weighted by Gasteiger charge is 2.44. The van der Waals surface area contributed by atoms with Crippen molar-refractivity contribution in [3.63, 3.8) is 0 Å². The monoisotopic (exact) mass is 281 g/mol. The van der Waals surface area contributed by atoms with Crippen LogP contribution >= 0.6 is 0 Å². The van der Waals surface area contributed by atoms with Crippen LogP contribution in [-0.4, -0.2) is 35.0 Å². The minimum Gasteiger partial charge on any atom is -0.481 e. The van der Waals surface area contributed by atoms with Crippen LogP contribution in [-0.2, 0) is 9.59 Å². The van der Waals surface area contributed by atoms with E-state index in [-0.39, 0.29) is 12.3 Å². The molecule has 0 aromatic carbocycles. The molecule has 0 unspecified atom stereocenters. The Balaban J connectivity index is 1.94. The van der Waals surface area contributed by atoms with Crippen molar-refractivity contribution in [1.82, 2.24) is 4.90 Å². The molecule has 20 heavy (non-hydrogen) atoms. The molecule has 2 aliphatic rings. The second-order valence-electron chi connectivity index (χ2n) is 7.01. The lowest BCUT2D eigenvalue weighted by atomic mass is 9.77. The summed E-state index contributed by atoms with van der Waals surface area (Å²) < 4.78 is 0. The van der Waals surface area contributed by atoms with Crippen molar-refractivity contribution >= 4 is 11.9 Å². The highest BCUT2D eigenvalue weighted by atomic mass is 16.4. The maximum atomic E-state index is 12.4. The maximum absolute atomic E-state index is 12.4. The second kappa shape index (κ2) is 5.74. The molecule has 0 aromatic heterocycles. The quantitative estimate of drug-likeness (QED) is 0.861. The molecule has 114 valence electrons. The van der Waals surface area contributed by atoms with Crippen LogP contribution in [0, 0.1) is 10.8 Å². The van der Waals surface area contributed by atoms with E-state index in [2.05, 4.69) is 13.8 Å². The van der Waals surface area contributed by atoms with Gasteiger partial charge in [-0.3, -0.25) is 9.59 Å². The molecule has 0 aromatic rings. The molecule has 1 aliphatic heterocycles. The maximum Gasteiger partial charge on any atom is 0.310 e. The van der Waals surface area contributed by atoms with Gasteiger partial charge in [0.15, 0.2) is 0 Å². The summed E-state index contributed by atoms with van der Waals surface area (Å²) in [7, 11) is 0. The van der Waals surface area contributed by atoms with Gasteiger partial charge in [-0.25, -0.2) is 0 Å². The first kappa shape index (κ1) is 15.3. The molecule has 2 rings (SSSR count). The minimum atomic E-state index is -0.779. The normalized spacial score (nSPS) is 24.6. The van der Waals surface area contributed by atoms with E-state index in [1.165, 1.54) is 0 Å². The molecule has 0 bridgehead atoms. The predicted octanol–water partition coefficient (Wildman–Crippen LogP) is 3.06. The van der Waals surface area contributed by atoms with Gasteiger partial charge in [0, 0.05) is 19.5 Å². The Labute approximate surface area is 121 Å². The highest BCUT2D eigenvalue weighted by Crippen LogP contribution is 2.42. The Bertz CT molecular complexity index is 377. The summed E-state index contributed by atoms with van der Waals surface area (Å²) in [5, 5.41) is 9.46. The molecule has 1 N–H and O–H groups in total. The summed E-state index contributed by atoms with van der Waals surface area (Å²) in [5.74, 6) is -0.730. The first-order valence-corrected chi connectivity index (χ1v) is 7.92. The lowest BCUT2D eigenvalue weighted by molar-refractivity contribution is -0.154. The number of rotatable bonds is 4. The number of likely N-dealkylation sites (tertiary alicyclic amines) is 1. The Morgan fingerprint density at radius 2 is 1.65 bits per heavy atom. The number of carboxylic acids is 1. The lowest BCUT2D eigenvalue weighted by Crippen LogP contribution is -2.44. The molecule has 4 heteroatoms. The number of carbonyl (C=O) groups is 2. The summed E-state index contributed by atoms with van der Waals surface area (Å²) in [6, 6.07) is 0. The zero-order valence-electron chi connectivity index (χ0n) is 12.8. The number of carboxylic acid groups (broad SMARTS) is 1. The smallest absolute Gasteiger partial charge is 0.310 e. The van der Waals surface area contributed by atoms with Crippen molar-refractivity contribution in [3.05, 3.63) is 0 Å². The number of amides is 1. The van der Waals surface area contributed by atoms with Crippen molar-refractivity contribution < 1.29 is 14.7 Å². The summed E-state index contributed by atoms with van der Waals surface area (Å²) in [6.45, 7) is 6.07. The van der Waals surface area contributed by atoms with Crippen molar-refractivity contribution in [2.75, 3.05) is 13.1 Å². The van der Waals surface area contributed by atoms with Crippen LogP contribution in [0.5, 0.6) is 0 Å². The number of nitrogens with zero attached hydrogens (tertiary/aromatic N) is 1. The largest absolute Gasteiger partial charge is 0.481 e. The van der Waals surface area contributed by atoms with Crippen molar-refractivity contribution in [3.8, 4) is 0 Å². The number of carbonyl (C=O) groups excluding carboxylic acids is 1. The predicted molar refractivity (Wildman–Crippen MR) is 77.4 cm³/mol. The van der Waals surface area contributed by atoms with E-state index in [1.807, 2.05) is 4.90 Å². The first-order chi connectivity index (χ1) is 9.41. The molecule has 2 fully saturated rings. The molecule has 0 radical (unpaired) electrons. The minimum absolute atomic E-state index is 0.0486. The zero-order chi connectivity index (χ0) is 14.8. The molecule has 1 aliphatic carbocycles. The summed E-state index contributed by atoms with van der Waals surface area (Å²) in [5.41, 5.74) is -0.419. The molecule has 0 atom stereocenters. The molecule has 1 heterocycles. The van der Waals surface area contributed by atoms with Crippen LogP contribution in [0.1, 0.15) is 65.2 Å². The van der Waals surface area contributed by atoms with Gasteiger partial charge in [-0.2, -0.15) is 0 Å². The van der Waals surface area contributed by atoms with Gasteiger partial charge in [-0.05, 0) is 31.1 Å². The van der Waals surface area contributed by atoms with Crippen molar-refractivity contribution in [2.24, 2.45) is 10.8 Å². The third-order valence-corrected chi connectivity index (χ3v) is 5.68. The Kier molecular flexibility index (Phi) is 4.40. The van der Waals surface area contributed by atoms with E-state index in [9.17, 15) is 14.7 Å².